The zero-order valence-electron chi connectivity index (χ0n) is 10.8. The predicted octanol–water partition coefficient (Wildman–Crippen LogP) is 1.37. The van der Waals surface area contributed by atoms with Gasteiger partial charge in [-0.05, 0) is 19.3 Å². The normalized spacial score (nSPS) is 11.7. The van der Waals surface area contributed by atoms with Crippen molar-refractivity contribution in [2.24, 2.45) is 5.92 Å². The molecule has 0 radical (unpaired) electrons. The molecule has 0 amide bonds. The number of esters is 2. The number of carboxylic acids is 1. The minimum atomic E-state index is -0.919. The Morgan fingerprint density at radius 3 is 2.00 bits per heavy atom. The van der Waals surface area contributed by atoms with Crippen molar-refractivity contribution < 1.29 is 29.0 Å². The molecule has 0 aliphatic heterocycles. The highest BCUT2D eigenvalue weighted by Crippen LogP contribution is 2.16. The van der Waals surface area contributed by atoms with Crippen LogP contribution < -0.4 is 0 Å². The third-order valence-corrected chi connectivity index (χ3v) is 2.68. The topological polar surface area (TPSA) is 89.9 Å². The van der Waals surface area contributed by atoms with E-state index in [2.05, 4.69) is 9.47 Å². The molecule has 0 spiro atoms. The highest BCUT2D eigenvalue weighted by Gasteiger charge is 2.18. The number of ether oxygens (including phenoxy) is 2. The van der Waals surface area contributed by atoms with Gasteiger partial charge in [0, 0.05) is 12.8 Å². The van der Waals surface area contributed by atoms with Crippen molar-refractivity contribution in [2.45, 2.75) is 38.5 Å². The lowest BCUT2D eigenvalue weighted by molar-refractivity contribution is -0.144. The van der Waals surface area contributed by atoms with Crippen molar-refractivity contribution in [2.75, 3.05) is 14.2 Å². The standard InChI is InChI=1S/C12H20O6/c1-17-10(13)6-4-3-5-9(12(15)16)7-8-11(14)18-2/h9H,3-8H2,1-2H3,(H,15,16). The van der Waals surface area contributed by atoms with Gasteiger partial charge in [0.2, 0.25) is 0 Å². The number of carboxylic acid groups (broad SMARTS) is 1. The number of rotatable bonds is 9. The minimum absolute atomic E-state index is 0.102. The Balaban J connectivity index is 3.87. The van der Waals surface area contributed by atoms with Crippen LogP contribution >= 0.6 is 0 Å². The van der Waals surface area contributed by atoms with E-state index in [-0.39, 0.29) is 18.8 Å². The summed E-state index contributed by atoms with van der Waals surface area (Å²) in [5.41, 5.74) is 0. The first-order valence-electron chi connectivity index (χ1n) is 5.87. The average Bonchev–Trinajstić information content (AvgIpc) is 2.36. The maximum atomic E-state index is 10.9. The predicted molar refractivity (Wildman–Crippen MR) is 62.9 cm³/mol. The highest BCUT2D eigenvalue weighted by atomic mass is 16.5. The van der Waals surface area contributed by atoms with E-state index in [0.717, 1.165) is 0 Å². The molecule has 0 rings (SSSR count). The first-order valence-corrected chi connectivity index (χ1v) is 5.87. The summed E-state index contributed by atoms with van der Waals surface area (Å²) in [6.07, 6.45) is 2.32. The summed E-state index contributed by atoms with van der Waals surface area (Å²) in [5, 5.41) is 8.97. The summed E-state index contributed by atoms with van der Waals surface area (Å²) in [7, 11) is 2.59. The van der Waals surface area contributed by atoms with Crippen molar-refractivity contribution in [3.05, 3.63) is 0 Å². The lowest BCUT2D eigenvalue weighted by Gasteiger charge is -2.10. The molecule has 1 N–H and O–H groups in total. The largest absolute Gasteiger partial charge is 0.481 e. The van der Waals surface area contributed by atoms with Crippen molar-refractivity contribution in [3.63, 3.8) is 0 Å². The Morgan fingerprint density at radius 1 is 0.944 bits per heavy atom. The summed E-state index contributed by atoms with van der Waals surface area (Å²) in [6.45, 7) is 0. The summed E-state index contributed by atoms with van der Waals surface area (Å²) in [4.78, 5) is 32.7. The average molecular weight is 260 g/mol. The molecule has 6 nitrogen and oxygen atoms in total. The van der Waals surface area contributed by atoms with Crippen LogP contribution in [0.5, 0.6) is 0 Å². The lowest BCUT2D eigenvalue weighted by atomic mass is 9.96. The van der Waals surface area contributed by atoms with Gasteiger partial charge in [0.05, 0.1) is 20.1 Å². The molecule has 1 unspecified atom stereocenters. The van der Waals surface area contributed by atoms with Crippen molar-refractivity contribution >= 4 is 17.9 Å². The maximum absolute atomic E-state index is 10.9. The van der Waals surface area contributed by atoms with Crippen LogP contribution in [0.4, 0.5) is 0 Å². The van der Waals surface area contributed by atoms with E-state index in [1.165, 1.54) is 14.2 Å². The molecule has 0 aliphatic carbocycles. The fourth-order valence-electron chi connectivity index (χ4n) is 1.55. The van der Waals surface area contributed by atoms with E-state index in [1.807, 2.05) is 0 Å². The molecule has 0 heterocycles. The van der Waals surface area contributed by atoms with Crippen LogP contribution in [0.2, 0.25) is 0 Å². The third kappa shape index (κ3) is 7.65. The van der Waals surface area contributed by atoms with Gasteiger partial charge in [-0.3, -0.25) is 14.4 Å². The molecule has 104 valence electrons. The van der Waals surface area contributed by atoms with E-state index in [4.69, 9.17) is 5.11 Å². The molecule has 0 aromatic rings. The molecular formula is C12H20O6. The number of hydrogen-bond donors (Lipinski definition) is 1. The SMILES string of the molecule is COC(=O)CCCCC(CCC(=O)OC)C(=O)O. The second-order valence-corrected chi connectivity index (χ2v) is 3.97. The summed E-state index contributed by atoms with van der Waals surface area (Å²) in [6, 6.07) is 0. The van der Waals surface area contributed by atoms with Gasteiger partial charge in [0.25, 0.3) is 0 Å². The fraction of sp³-hybridized carbons (Fsp3) is 0.750. The van der Waals surface area contributed by atoms with Gasteiger partial charge in [-0.25, -0.2) is 0 Å². The van der Waals surface area contributed by atoms with Crippen LogP contribution in [-0.4, -0.2) is 37.2 Å². The molecule has 6 heteroatoms. The zero-order chi connectivity index (χ0) is 14.0. The second kappa shape index (κ2) is 9.44. The highest BCUT2D eigenvalue weighted by molar-refractivity contribution is 5.73. The van der Waals surface area contributed by atoms with Gasteiger partial charge < -0.3 is 14.6 Å². The van der Waals surface area contributed by atoms with E-state index in [0.29, 0.717) is 25.7 Å². The number of carbonyl (C=O) groups excluding carboxylic acids is 2. The van der Waals surface area contributed by atoms with Gasteiger partial charge in [-0.15, -0.1) is 0 Å². The first kappa shape index (κ1) is 16.4. The third-order valence-electron chi connectivity index (χ3n) is 2.68. The Hall–Kier alpha value is -1.59. The monoisotopic (exact) mass is 260 g/mol. The molecular weight excluding hydrogens is 240 g/mol. The van der Waals surface area contributed by atoms with Gasteiger partial charge in [-0.2, -0.15) is 0 Å². The van der Waals surface area contributed by atoms with Crippen LogP contribution in [0, 0.1) is 5.92 Å². The smallest absolute Gasteiger partial charge is 0.306 e. The minimum Gasteiger partial charge on any atom is -0.481 e. The van der Waals surface area contributed by atoms with Crippen LogP contribution in [-0.2, 0) is 23.9 Å². The molecule has 0 saturated heterocycles. The van der Waals surface area contributed by atoms with Crippen LogP contribution in [0.15, 0.2) is 0 Å². The number of unbranched alkanes of at least 4 members (excludes halogenated alkanes) is 1. The Kier molecular flexibility index (Phi) is 8.61. The summed E-state index contributed by atoms with van der Waals surface area (Å²) >= 11 is 0. The van der Waals surface area contributed by atoms with Crippen molar-refractivity contribution in [3.8, 4) is 0 Å². The second-order valence-electron chi connectivity index (χ2n) is 3.97. The first-order chi connectivity index (χ1) is 8.51. The Morgan fingerprint density at radius 2 is 1.50 bits per heavy atom. The number of aliphatic carboxylic acids is 1. The summed E-state index contributed by atoms with van der Waals surface area (Å²) in [5.74, 6) is -2.19. The molecule has 18 heavy (non-hydrogen) atoms. The van der Waals surface area contributed by atoms with E-state index < -0.39 is 17.9 Å². The molecule has 0 aromatic heterocycles. The molecule has 1 atom stereocenters. The molecule has 0 aromatic carbocycles. The molecule has 0 fully saturated rings. The van der Waals surface area contributed by atoms with Gasteiger partial charge in [0.1, 0.15) is 0 Å². The van der Waals surface area contributed by atoms with E-state index in [9.17, 15) is 14.4 Å². The van der Waals surface area contributed by atoms with Crippen LogP contribution in [0.1, 0.15) is 38.5 Å². The number of methoxy groups -OCH3 is 2. The lowest BCUT2D eigenvalue weighted by Crippen LogP contribution is -2.16. The van der Waals surface area contributed by atoms with Gasteiger partial charge in [0.15, 0.2) is 0 Å². The maximum Gasteiger partial charge on any atom is 0.306 e. The van der Waals surface area contributed by atoms with E-state index >= 15 is 0 Å². The number of hydrogen-bond acceptors (Lipinski definition) is 5. The number of carbonyl (C=O) groups is 3. The summed E-state index contributed by atoms with van der Waals surface area (Å²) < 4.78 is 8.94. The van der Waals surface area contributed by atoms with E-state index in [1.54, 1.807) is 0 Å². The zero-order valence-corrected chi connectivity index (χ0v) is 10.8. The fourth-order valence-corrected chi connectivity index (χ4v) is 1.55. The molecule has 0 aliphatic rings. The molecule has 0 bridgehead atoms. The van der Waals surface area contributed by atoms with Crippen molar-refractivity contribution in [1.29, 1.82) is 0 Å². The van der Waals surface area contributed by atoms with Crippen LogP contribution in [0.25, 0.3) is 0 Å². The quantitative estimate of drug-likeness (QED) is 0.497. The molecule has 0 saturated carbocycles. The van der Waals surface area contributed by atoms with Crippen LogP contribution in [0.3, 0.4) is 0 Å². The van der Waals surface area contributed by atoms with Gasteiger partial charge >= 0.3 is 17.9 Å². The Labute approximate surface area is 106 Å². The Bertz CT molecular complexity index is 286. The van der Waals surface area contributed by atoms with Gasteiger partial charge in [-0.1, -0.05) is 6.42 Å². The van der Waals surface area contributed by atoms with Crippen molar-refractivity contribution in [1.82, 2.24) is 0 Å².